The van der Waals surface area contributed by atoms with Crippen molar-refractivity contribution in [3.05, 3.63) is 35.4 Å². The monoisotopic (exact) mass is 464 g/mol. The summed E-state index contributed by atoms with van der Waals surface area (Å²) < 4.78 is 33.0. The van der Waals surface area contributed by atoms with Crippen LogP contribution in [-0.4, -0.2) is 101 Å². The van der Waals surface area contributed by atoms with Crippen LogP contribution in [0.3, 0.4) is 0 Å². The molecule has 0 saturated carbocycles. The number of morpholine rings is 1. The highest BCUT2D eigenvalue weighted by molar-refractivity contribution is 5.82. The Kier molecular flexibility index (Phi) is 6.36. The van der Waals surface area contributed by atoms with E-state index in [0.717, 1.165) is 18.2 Å². The van der Waals surface area contributed by atoms with Crippen molar-refractivity contribution < 1.29 is 54.1 Å². The van der Waals surface area contributed by atoms with Gasteiger partial charge in [0.15, 0.2) is 0 Å². The van der Waals surface area contributed by atoms with Crippen LogP contribution in [0.4, 0.5) is 8.78 Å². The molecule has 2 heterocycles. The van der Waals surface area contributed by atoms with Gasteiger partial charge < -0.3 is 40.5 Å². The molecule has 2 aliphatic rings. The Morgan fingerprint density at radius 1 is 1.09 bits per heavy atom. The first-order chi connectivity index (χ1) is 14.6. The van der Waals surface area contributed by atoms with Crippen LogP contribution >= 0.6 is 0 Å². The van der Waals surface area contributed by atoms with Gasteiger partial charge in [-0.1, -0.05) is 0 Å². The van der Waals surface area contributed by atoms with Crippen molar-refractivity contribution in [2.24, 2.45) is 0 Å². The number of carbonyl (C=O) groups is 1. The average molecular weight is 464 g/mol. The smallest absolute Gasteiger partial charge is 0.355 e. The molecule has 2 aliphatic heterocycles. The molecule has 2 fully saturated rings. The minimum absolute atomic E-state index is 0.0149. The van der Waals surface area contributed by atoms with Gasteiger partial charge in [0, 0.05) is 19.5 Å². The van der Waals surface area contributed by atoms with E-state index in [4.69, 9.17) is 4.74 Å². The molecule has 1 aromatic rings. The van der Waals surface area contributed by atoms with E-state index in [9.17, 15) is 49.3 Å². The van der Waals surface area contributed by atoms with Gasteiger partial charge in [-0.2, -0.15) is 0 Å². The second-order valence-electron chi connectivity index (χ2n) is 8.31. The Morgan fingerprint density at radius 2 is 1.69 bits per heavy atom. The minimum Gasteiger partial charge on any atom is -0.360 e. The maximum absolute atomic E-state index is 13.9. The lowest BCUT2D eigenvalue weighted by Crippen LogP contribution is -2.73. The quantitative estimate of drug-likeness (QED) is 0.231. The van der Waals surface area contributed by atoms with Gasteiger partial charge in [0.05, 0.1) is 12.1 Å². The zero-order valence-electron chi connectivity index (χ0n) is 17.1. The highest BCUT2D eigenvalue weighted by Crippen LogP contribution is 2.37. The molecular formula is C19H26F2N2O9. The van der Waals surface area contributed by atoms with Crippen LogP contribution in [0, 0.1) is 11.6 Å². The van der Waals surface area contributed by atoms with Crippen molar-refractivity contribution in [2.75, 3.05) is 19.6 Å². The van der Waals surface area contributed by atoms with Gasteiger partial charge in [0.25, 0.3) is 5.91 Å². The Balaban J connectivity index is 1.74. The van der Waals surface area contributed by atoms with Crippen molar-refractivity contribution in [1.29, 1.82) is 0 Å². The molecule has 1 spiro atoms. The van der Waals surface area contributed by atoms with E-state index >= 15 is 0 Å². The van der Waals surface area contributed by atoms with Crippen LogP contribution in [-0.2, 0) is 16.0 Å². The van der Waals surface area contributed by atoms with Crippen LogP contribution < -0.4 is 0 Å². The fourth-order valence-corrected chi connectivity index (χ4v) is 4.09. The second-order valence-corrected chi connectivity index (χ2v) is 8.31. The Hall–Kier alpha value is -1.81. The van der Waals surface area contributed by atoms with Crippen molar-refractivity contribution >= 4 is 5.91 Å². The van der Waals surface area contributed by atoms with Gasteiger partial charge in [0.2, 0.25) is 5.91 Å². The number of carbonyl (C=O) groups excluding carboxylic acids is 1. The summed E-state index contributed by atoms with van der Waals surface area (Å²) in [6, 6.07) is 2.62. The number of nitrogens with zero attached hydrogens (tertiary/aromatic N) is 2. The molecule has 0 bridgehead atoms. The van der Waals surface area contributed by atoms with Crippen LogP contribution in [0.25, 0.3) is 0 Å². The molecule has 1 amide bonds. The van der Waals surface area contributed by atoms with Crippen molar-refractivity contribution in [1.82, 2.24) is 9.80 Å². The molecule has 2 saturated heterocycles. The molecular weight excluding hydrogens is 438 g/mol. The standard InChI is InChI=1S/C19H26F2N2O9/c1-11-15(24)23(18(27,28)19(29,30)31)10-16(32-11)4-6-22(7-5-16)17(25,26)9-12-8-13(20)2-3-14(12)21/h2-3,8,11,25-31H,4-7,9-10H2,1H3. The molecule has 11 nitrogen and oxygen atoms in total. The lowest BCUT2D eigenvalue weighted by molar-refractivity contribution is -0.484. The molecule has 0 aromatic heterocycles. The molecule has 7 N–H and O–H groups in total. The summed E-state index contributed by atoms with van der Waals surface area (Å²) in [4.78, 5) is 13.8. The predicted octanol–water partition coefficient (Wildman–Crippen LogP) is -2.50. The molecule has 180 valence electrons. The zero-order valence-corrected chi connectivity index (χ0v) is 17.1. The third kappa shape index (κ3) is 4.62. The van der Waals surface area contributed by atoms with Gasteiger partial charge in [-0.05, 0) is 43.5 Å². The maximum atomic E-state index is 13.9. The summed E-state index contributed by atoms with van der Waals surface area (Å²) in [5.74, 6) is -12.9. The van der Waals surface area contributed by atoms with E-state index in [2.05, 4.69) is 0 Å². The molecule has 13 heteroatoms. The average Bonchev–Trinajstić information content (AvgIpc) is 2.67. The summed E-state index contributed by atoms with van der Waals surface area (Å²) in [5, 5.41) is 68.7. The van der Waals surface area contributed by atoms with Gasteiger partial charge >= 0.3 is 11.9 Å². The summed E-state index contributed by atoms with van der Waals surface area (Å²) in [5.41, 5.74) is -1.49. The molecule has 32 heavy (non-hydrogen) atoms. The summed E-state index contributed by atoms with van der Waals surface area (Å²) in [6.07, 6.45) is -1.85. The molecule has 3 rings (SSSR count). The number of ether oxygens (including phenoxy) is 1. The summed E-state index contributed by atoms with van der Waals surface area (Å²) >= 11 is 0. The predicted molar refractivity (Wildman–Crippen MR) is 99.6 cm³/mol. The van der Waals surface area contributed by atoms with Crippen LogP contribution in [0.15, 0.2) is 18.2 Å². The Labute approximate surface area is 181 Å². The van der Waals surface area contributed by atoms with Crippen LogP contribution in [0.1, 0.15) is 25.3 Å². The number of benzene rings is 1. The van der Waals surface area contributed by atoms with E-state index in [1.807, 2.05) is 0 Å². The number of halogens is 2. The van der Waals surface area contributed by atoms with Gasteiger partial charge in [-0.3, -0.25) is 14.6 Å². The summed E-state index contributed by atoms with van der Waals surface area (Å²) in [7, 11) is 0. The van der Waals surface area contributed by atoms with Crippen LogP contribution in [0.5, 0.6) is 0 Å². The maximum Gasteiger partial charge on any atom is 0.355 e. The fourth-order valence-electron chi connectivity index (χ4n) is 4.09. The van der Waals surface area contributed by atoms with Crippen molar-refractivity contribution in [2.45, 2.75) is 55.7 Å². The Morgan fingerprint density at radius 3 is 2.25 bits per heavy atom. The van der Waals surface area contributed by atoms with Gasteiger partial charge in [-0.15, -0.1) is 0 Å². The summed E-state index contributed by atoms with van der Waals surface area (Å²) in [6.45, 7) is 0.612. The topological polar surface area (TPSA) is 174 Å². The molecule has 0 radical (unpaired) electrons. The number of hydrogen-bond donors (Lipinski definition) is 7. The van der Waals surface area contributed by atoms with Gasteiger partial charge in [0.1, 0.15) is 17.7 Å². The second kappa shape index (κ2) is 8.20. The Bertz CT molecular complexity index is 867. The largest absolute Gasteiger partial charge is 0.360 e. The highest BCUT2D eigenvalue weighted by atomic mass is 19.1. The third-order valence-electron chi connectivity index (χ3n) is 5.93. The fraction of sp³-hybridized carbons (Fsp3) is 0.632. The SMILES string of the molecule is CC1OC2(CCN(C(O)(O)Cc3cc(F)ccc3F)CC2)CN(C(O)(O)C(O)(O)O)C1=O. The number of hydrogen-bond acceptors (Lipinski definition) is 10. The van der Waals surface area contributed by atoms with E-state index in [1.54, 1.807) is 0 Å². The van der Waals surface area contributed by atoms with Crippen LogP contribution in [0.2, 0.25) is 0 Å². The first kappa shape index (κ1) is 24.8. The highest BCUT2D eigenvalue weighted by Gasteiger charge is 2.59. The number of likely N-dealkylation sites (tertiary alicyclic amines) is 1. The van der Waals surface area contributed by atoms with Crippen molar-refractivity contribution in [3.63, 3.8) is 0 Å². The van der Waals surface area contributed by atoms with E-state index in [0.29, 0.717) is 0 Å². The number of amides is 1. The first-order valence-corrected chi connectivity index (χ1v) is 9.83. The molecule has 1 atom stereocenters. The van der Waals surface area contributed by atoms with E-state index < -0.39 is 60.0 Å². The number of rotatable bonds is 5. The lowest BCUT2D eigenvalue weighted by Gasteiger charge is -2.53. The molecule has 1 unspecified atom stereocenters. The number of aliphatic hydroxyl groups is 7. The lowest BCUT2D eigenvalue weighted by atomic mass is 9.87. The normalized spacial score (nSPS) is 23.1. The van der Waals surface area contributed by atoms with Crippen molar-refractivity contribution in [3.8, 4) is 0 Å². The third-order valence-corrected chi connectivity index (χ3v) is 5.93. The molecule has 1 aromatic carbocycles. The first-order valence-electron chi connectivity index (χ1n) is 9.83. The molecule has 0 aliphatic carbocycles. The zero-order chi connectivity index (χ0) is 24.1. The minimum atomic E-state index is -4.04. The van der Waals surface area contributed by atoms with E-state index in [-0.39, 0.29) is 36.4 Å². The number of piperidine rings is 1. The van der Waals surface area contributed by atoms with Gasteiger partial charge in [-0.25, -0.2) is 8.78 Å². The van der Waals surface area contributed by atoms with E-state index in [1.165, 1.54) is 11.8 Å².